The Morgan fingerprint density at radius 2 is 1.85 bits per heavy atom. The van der Waals surface area contributed by atoms with E-state index in [4.69, 9.17) is 9.47 Å². The second kappa shape index (κ2) is 9.08. The van der Waals surface area contributed by atoms with E-state index < -0.39 is 37.0 Å². The molecule has 0 radical (unpaired) electrons. The molecule has 34 heavy (non-hydrogen) atoms. The smallest absolute Gasteiger partial charge is 0.288 e. The standard InChI is InChI=1S/C24H24N2O7S/c27-11-19-21(28)22(29)24(31,23(30)32-19)33-18-3-1-2-17-20(18)26(13-25-17)10-14-4-6-15(7-5-14)16-8-9-34-12-16/h1-9,12-13,19,21-23,27-31H,10-11H2/t19-,21-,22+,23+,24+/m1/s1. The Bertz CT molecular complexity index is 1260. The van der Waals surface area contributed by atoms with E-state index in [-0.39, 0.29) is 5.75 Å². The van der Waals surface area contributed by atoms with Crippen LogP contribution in [0.3, 0.4) is 0 Å². The monoisotopic (exact) mass is 484 g/mol. The normalized spacial score (nSPS) is 27.2. The predicted molar refractivity (Wildman–Crippen MR) is 124 cm³/mol. The summed E-state index contributed by atoms with van der Waals surface area (Å²) in [6.45, 7) is -0.199. The second-order valence-corrected chi connectivity index (χ2v) is 8.98. The van der Waals surface area contributed by atoms with E-state index >= 15 is 0 Å². The van der Waals surface area contributed by atoms with Crippen LogP contribution in [0, 0.1) is 0 Å². The van der Waals surface area contributed by atoms with Crippen LogP contribution >= 0.6 is 11.3 Å². The minimum atomic E-state index is -2.67. The second-order valence-electron chi connectivity index (χ2n) is 8.20. The number of fused-ring (bicyclic) bond motifs is 1. The average Bonchev–Trinajstić information content (AvgIpc) is 3.52. The minimum absolute atomic E-state index is 0.128. The van der Waals surface area contributed by atoms with Gasteiger partial charge in [0.15, 0.2) is 6.10 Å². The van der Waals surface area contributed by atoms with Crippen LogP contribution in [0.15, 0.2) is 65.6 Å². The van der Waals surface area contributed by atoms with E-state index in [0.29, 0.717) is 17.6 Å². The molecule has 1 fully saturated rings. The molecule has 0 saturated carbocycles. The molecule has 5 rings (SSSR count). The van der Waals surface area contributed by atoms with Crippen molar-refractivity contribution in [2.45, 2.75) is 36.9 Å². The average molecular weight is 485 g/mol. The summed E-state index contributed by atoms with van der Waals surface area (Å²) in [4.78, 5) is 4.39. The Labute approximate surface area is 198 Å². The van der Waals surface area contributed by atoms with E-state index in [0.717, 1.165) is 16.7 Å². The fourth-order valence-electron chi connectivity index (χ4n) is 4.10. The van der Waals surface area contributed by atoms with Gasteiger partial charge in [-0.25, -0.2) is 4.98 Å². The van der Waals surface area contributed by atoms with Gasteiger partial charge in [0.1, 0.15) is 23.5 Å². The molecule has 2 aromatic heterocycles. The van der Waals surface area contributed by atoms with Crippen molar-refractivity contribution < 1.29 is 35.0 Å². The molecule has 1 aliphatic rings. The summed E-state index contributed by atoms with van der Waals surface area (Å²) in [5, 5.41) is 55.3. The lowest BCUT2D eigenvalue weighted by atomic mass is 9.96. The van der Waals surface area contributed by atoms with Crippen LogP contribution in [0.1, 0.15) is 5.56 Å². The van der Waals surface area contributed by atoms with Crippen LogP contribution in [-0.4, -0.2) is 72.1 Å². The number of benzene rings is 2. The highest BCUT2D eigenvalue weighted by molar-refractivity contribution is 7.08. The summed E-state index contributed by atoms with van der Waals surface area (Å²) in [7, 11) is 0. The van der Waals surface area contributed by atoms with Gasteiger partial charge >= 0.3 is 0 Å². The topological polar surface area (TPSA) is 137 Å². The molecule has 0 unspecified atom stereocenters. The van der Waals surface area contributed by atoms with E-state index in [1.54, 1.807) is 35.9 Å². The lowest BCUT2D eigenvalue weighted by Crippen LogP contribution is -2.69. The number of rotatable bonds is 6. The number of thiophene rings is 1. The van der Waals surface area contributed by atoms with Gasteiger partial charge in [-0.3, -0.25) is 0 Å². The van der Waals surface area contributed by atoms with Crippen molar-refractivity contribution in [3.05, 3.63) is 71.2 Å². The van der Waals surface area contributed by atoms with Crippen molar-refractivity contribution in [1.29, 1.82) is 0 Å². The first-order valence-electron chi connectivity index (χ1n) is 10.7. The summed E-state index contributed by atoms with van der Waals surface area (Å²) in [5.41, 5.74) is 4.38. The first-order valence-corrected chi connectivity index (χ1v) is 11.6. The van der Waals surface area contributed by atoms with Crippen molar-refractivity contribution in [3.8, 4) is 16.9 Å². The molecule has 4 aromatic rings. The molecule has 10 heteroatoms. The SMILES string of the molecule is OC[C@H]1O[C@H](O)[C@@](O)(Oc2cccc3ncn(Cc4ccc(-c5ccsc5)cc4)c23)[C@@H](O)[C@@H]1O. The molecule has 0 aliphatic carbocycles. The minimum Gasteiger partial charge on any atom is -0.452 e. The van der Waals surface area contributed by atoms with Gasteiger partial charge in [-0.15, -0.1) is 0 Å². The van der Waals surface area contributed by atoms with Crippen LogP contribution in [0.25, 0.3) is 22.2 Å². The fourth-order valence-corrected chi connectivity index (χ4v) is 4.76. The molecule has 9 nitrogen and oxygen atoms in total. The van der Waals surface area contributed by atoms with Gasteiger partial charge in [0, 0.05) is 6.54 Å². The van der Waals surface area contributed by atoms with E-state index in [1.807, 2.05) is 34.2 Å². The highest BCUT2D eigenvalue weighted by Gasteiger charge is 2.57. The Morgan fingerprint density at radius 3 is 2.56 bits per heavy atom. The largest absolute Gasteiger partial charge is 0.452 e. The van der Waals surface area contributed by atoms with Gasteiger partial charge in [0.05, 0.1) is 18.5 Å². The highest BCUT2D eigenvalue weighted by atomic mass is 32.1. The number of aromatic nitrogens is 2. The lowest BCUT2D eigenvalue weighted by Gasteiger charge is -2.45. The summed E-state index contributed by atoms with van der Waals surface area (Å²) < 4.78 is 12.6. The summed E-state index contributed by atoms with van der Waals surface area (Å²) >= 11 is 1.64. The van der Waals surface area contributed by atoms with Gasteiger partial charge in [0.25, 0.3) is 5.79 Å². The number of para-hydroxylation sites is 1. The molecule has 1 aliphatic heterocycles. The Balaban J connectivity index is 1.44. The van der Waals surface area contributed by atoms with E-state index in [1.165, 1.54) is 0 Å². The number of ether oxygens (including phenoxy) is 2. The van der Waals surface area contributed by atoms with Crippen LogP contribution in [0.4, 0.5) is 0 Å². The molecule has 178 valence electrons. The van der Waals surface area contributed by atoms with Crippen LogP contribution in [0.2, 0.25) is 0 Å². The van der Waals surface area contributed by atoms with Crippen LogP contribution < -0.4 is 4.74 Å². The highest BCUT2D eigenvalue weighted by Crippen LogP contribution is 2.35. The third kappa shape index (κ3) is 3.99. The molecule has 0 amide bonds. The van der Waals surface area contributed by atoms with E-state index in [2.05, 4.69) is 16.4 Å². The van der Waals surface area contributed by atoms with Crippen molar-refractivity contribution in [2.75, 3.05) is 6.61 Å². The van der Waals surface area contributed by atoms with Crippen LogP contribution in [0.5, 0.6) is 5.75 Å². The van der Waals surface area contributed by atoms with Gasteiger partial charge in [-0.05, 0) is 45.6 Å². The number of hydrogen-bond donors (Lipinski definition) is 5. The maximum atomic E-state index is 10.9. The van der Waals surface area contributed by atoms with Gasteiger partial charge in [-0.1, -0.05) is 30.3 Å². The van der Waals surface area contributed by atoms with Gasteiger partial charge in [0.2, 0.25) is 6.29 Å². The summed E-state index contributed by atoms with van der Waals surface area (Å²) in [6.07, 6.45) is -5.27. The van der Waals surface area contributed by atoms with Crippen molar-refractivity contribution in [2.24, 2.45) is 0 Å². The predicted octanol–water partition coefficient (Wildman–Crippen LogP) is 1.31. The maximum Gasteiger partial charge on any atom is 0.288 e. The third-order valence-electron chi connectivity index (χ3n) is 6.00. The molecular formula is C24H24N2O7S. The molecule has 2 aromatic carbocycles. The molecule has 5 atom stereocenters. The van der Waals surface area contributed by atoms with Gasteiger partial charge in [-0.2, -0.15) is 11.3 Å². The number of imidazole rings is 1. The van der Waals surface area contributed by atoms with Crippen LogP contribution in [-0.2, 0) is 11.3 Å². The Morgan fingerprint density at radius 1 is 1.06 bits per heavy atom. The number of hydrogen-bond acceptors (Lipinski definition) is 9. The van der Waals surface area contributed by atoms with Gasteiger partial charge < -0.3 is 39.6 Å². The van der Waals surface area contributed by atoms with Crippen molar-refractivity contribution >= 4 is 22.4 Å². The molecule has 1 saturated heterocycles. The molecule has 0 bridgehead atoms. The number of aliphatic hydroxyl groups is 5. The molecular weight excluding hydrogens is 460 g/mol. The Hall–Kier alpha value is -2.83. The lowest BCUT2D eigenvalue weighted by molar-refractivity contribution is -0.385. The third-order valence-corrected chi connectivity index (χ3v) is 6.68. The number of nitrogens with zero attached hydrogens (tertiary/aromatic N) is 2. The fraction of sp³-hybridized carbons (Fsp3) is 0.292. The molecule has 3 heterocycles. The quantitative estimate of drug-likeness (QED) is 0.258. The molecule has 0 spiro atoms. The Kier molecular flexibility index (Phi) is 6.13. The van der Waals surface area contributed by atoms with E-state index in [9.17, 15) is 25.5 Å². The van der Waals surface area contributed by atoms with Crippen molar-refractivity contribution in [3.63, 3.8) is 0 Å². The zero-order chi connectivity index (χ0) is 23.9. The molecule has 5 N–H and O–H groups in total. The summed E-state index contributed by atoms with van der Waals surface area (Å²) in [6, 6.07) is 15.2. The first-order chi connectivity index (χ1) is 16.4. The van der Waals surface area contributed by atoms with Crippen molar-refractivity contribution in [1.82, 2.24) is 9.55 Å². The first kappa shape index (κ1) is 22.9. The number of aliphatic hydroxyl groups excluding tert-OH is 4. The summed E-state index contributed by atoms with van der Waals surface area (Å²) in [5.74, 6) is -2.54. The maximum absolute atomic E-state index is 10.9. The zero-order valence-corrected chi connectivity index (χ0v) is 18.7. The zero-order valence-electron chi connectivity index (χ0n) is 17.9.